The Balaban J connectivity index is 0.000000630. The van der Waals surface area contributed by atoms with Crippen LogP contribution in [0.2, 0.25) is 0 Å². The Morgan fingerprint density at radius 3 is 2.36 bits per heavy atom. The fourth-order valence-corrected chi connectivity index (χ4v) is 7.54. The average molecular weight is 710 g/mol. The van der Waals surface area contributed by atoms with Gasteiger partial charge in [0.15, 0.2) is 10.8 Å². The first-order valence-corrected chi connectivity index (χ1v) is 18.0. The molecule has 10 nitrogen and oxygen atoms in total. The Hall–Kier alpha value is -3.94. The number of fused-ring (bicyclic) bond motifs is 2. The molecular formula is C37H45F2N5O5S. The summed E-state index contributed by atoms with van der Waals surface area (Å²) in [7, 11) is 0. The molecule has 4 aromatic rings. The molecule has 2 aliphatic rings. The first-order valence-electron chi connectivity index (χ1n) is 17.2. The molecule has 0 unspecified atom stereocenters. The van der Waals surface area contributed by atoms with E-state index in [4.69, 9.17) is 19.9 Å². The van der Waals surface area contributed by atoms with E-state index in [1.54, 1.807) is 12.4 Å². The molecule has 2 atom stereocenters. The van der Waals surface area contributed by atoms with Crippen LogP contribution >= 0.6 is 11.3 Å². The number of Topliss-reactive ketones (excluding diaryl/α,β-unsaturated/α-hetero) is 1. The number of rotatable bonds is 9. The predicted octanol–water partition coefficient (Wildman–Crippen LogP) is 3.77. The number of H-pyrrole nitrogens is 1. The highest BCUT2D eigenvalue weighted by molar-refractivity contribution is 7.19. The number of nitrogens with zero attached hydrogens (tertiary/aromatic N) is 3. The Kier molecular flexibility index (Phi) is 11.6. The number of alkyl halides is 2. The summed E-state index contributed by atoms with van der Waals surface area (Å²) < 4.78 is 22.4. The molecule has 0 saturated carbocycles. The molecule has 1 aromatic carbocycles. The number of carboxylic acids is 1. The van der Waals surface area contributed by atoms with Gasteiger partial charge in [0.05, 0.1) is 25.7 Å². The lowest BCUT2D eigenvalue weighted by atomic mass is 9.71. The number of likely N-dealkylation sites (tertiary alicyclic amines) is 1. The van der Waals surface area contributed by atoms with E-state index in [1.807, 2.05) is 12.1 Å². The van der Waals surface area contributed by atoms with Crippen LogP contribution in [0, 0.1) is 11.3 Å². The fraction of sp³-hybridized carbons (Fsp3) is 0.514. The molecule has 0 radical (unpaired) electrons. The molecular weight excluding hydrogens is 665 g/mol. The number of carboxylic acid groups (broad SMARTS) is 1. The molecule has 50 heavy (non-hydrogen) atoms. The third-order valence-corrected chi connectivity index (χ3v) is 10.9. The normalized spacial score (nSPS) is 20.0. The topological polar surface area (TPSA) is 153 Å². The van der Waals surface area contributed by atoms with Gasteiger partial charge in [0, 0.05) is 56.3 Å². The van der Waals surface area contributed by atoms with Crippen molar-refractivity contribution < 1.29 is 33.5 Å². The largest absolute Gasteiger partial charge is 0.544 e. The number of nitrogens with one attached hydrogen (secondary N) is 2. The number of aliphatic carboxylic acids is 1. The summed E-state index contributed by atoms with van der Waals surface area (Å²) >= 11 is 1.43. The smallest absolute Gasteiger partial charge is 0.344 e. The van der Waals surface area contributed by atoms with Crippen molar-refractivity contribution in [3.8, 4) is 11.1 Å². The van der Waals surface area contributed by atoms with E-state index in [0.29, 0.717) is 17.3 Å². The minimum atomic E-state index is -3.69. The molecule has 6 rings (SSSR count). The van der Waals surface area contributed by atoms with Crippen molar-refractivity contribution in [2.75, 3.05) is 19.6 Å². The first-order chi connectivity index (χ1) is 23.6. The first kappa shape index (κ1) is 37.3. The Bertz CT molecular complexity index is 1840. The van der Waals surface area contributed by atoms with Gasteiger partial charge >= 0.3 is 5.69 Å². The summed E-state index contributed by atoms with van der Waals surface area (Å²) in [5.74, 6) is -5.30. The van der Waals surface area contributed by atoms with E-state index in [0.717, 1.165) is 85.2 Å². The van der Waals surface area contributed by atoms with Crippen molar-refractivity contribution in [3.63, 3.8) is 0 Å². The number of halogens is 2. The molecule has 0 amide bonds. The van der Waals surface area contributed by atoms with E-state index in [9.17, 15) is 23.5 Å². The number of aliphatic hydroxyl groups is 1. The number of pyridine rings is 1. The number of aromatic amines is 1. The maximum atomic E-state index is 13.8. The van der Waals surface area contributed by atoms with Gasteiger partial charge < -0.3 is 24.9 Å². The van der Waals surface area contributed by atoms with Gasteiger partial charge in [0.1, 0.15) is 16.3 Å². The molecule has 3 aromatic heterocycles. The maximum absolute atomic E-state index is 13.8. The number of aryl methyl sites for hydroxylation is 1. The lowest BCUT2D eigenvalue weighted by molar-refractivity contribution is -0.906. The van der Waals surface area contributed by atoms with E-state index in [1.165, 1.54) is 27.5 Å². The molecule has 1 saturated heterocycles. The van der Waals surface area contributed by atoms with Gasteiger partial charge in [-0.05, 0) is 59.3 Å². The number of carbonyl (C=O) groups excluding carboxylic acids is 2. The zero-order chi connectivity index (χ0) is 36.2. The van der Waals surface area contributed by atoms with E-state index >= 15 is 0 Å². The third kappa shape index (κ3) is 9.64. The molecule has 1 aliphatic heterocycles. The van der Waals surface area contributed by atoms with Crippen LogP contribution in [0.5, 0.6) is 0 Å². The molecule has 0 bridgehead atoms. The van der Waals surface area contributed by atoms with Gasteiger partial charge in [-0.2, -0.15) is 0 Å². The number of quaternary nitrogens is 1. The van der Waals surface area contributed by atoms with Crippen molar-refractivity contribution >= 4 is 33.4 Å². The zero-order valence-electron chi connectivity index (χ0n) is 28.9. The van der Waals surface area contributed by atoms with Crippen molar-refractivity contribution in [1.29, 1.82) is 0 Å². The summed E-state index contributed by atoms with van der Waals surface area (Å²) in [6, 6.07) is 10.4. The van der Waals surface area contributed by atoms with Crippen LogP contribution in [0.3, 0.4) is 0 Å². The minimum Gasteiger partial charge on any atom is -0.544 e. The van der Waals surface area contributed by atoms with Gasteiger partial charge in [-0.1, -0.05) is 56.4 Å². The van der Waals surface area contributed by atoms with Gasteiger partial charge in [-0.15, -0.1) is 0 Å². The van der Waals surface area contributed by atoms with Gasteiger partial charge in [-0.3, -0.25) is 4.79 Å². The van der Waals surface area contributed by atoms with Crippen LogP contribution in [-0.2, 0) is 17.6 Å². The summed E-state index contributed by atoms with van der Waals surface area (Å²) in [5, 5.41) is 19.7. The highest BCUT2D eigenvalue weighted by Gasteiger charge is 2.30. The molecule has 1 fully saturated rings. The second-order valence-electron chi connectivity index (χ2n) is 14.7. The lowest BCUT2D eigenvalue weighted by Gasteiger charge is -2.34. The van der Waals surface area contributed by atoms with Crippen LogP contribution in [0.1, 0.15) is 92.3 Å². The monoisotopic (exact) mass is 709 g/mol. The van der Waals surface area contributed by atoms with Crippen LogP contribution in [0.25, 0.3) is 21.5 Å². The SMILES string of the molecule is CC(C)(C)[C@H]1CCc2nc3sc(C(=O)C[C@H](CC[NH+]4CCC(O)CC4)c4ccc(-c5cnc(=O)[nH]c5)cc4)nc3cc2C1.CC(F)(F)C(=O)[O-]. The number of piperidine rings is 1. The van der Waals surface area contributed by atoms with Crippen molar-refractivity contribution in [2.45, 2.75) is 90.6 Å². The van der Waals surface area contributed by atoms with E-state index in [2.05, 4.69) is 48.9 Å². The second kappa shape index (κ2) is 15.5. The number of benzene rings is 1. The molecule has 268 valence electrons. The molecule has 3 N–H and O–H groups in total. The summed E-state index contributed by atoms with van der Waals surface area (Å²) in [4.78, 5) is 52.9. The zero-order valence-corrected chi connectivity index (χ0v) is 29.7. The van der Waals surface area contributed by atoms with Gasteiger partial charge in [0.2, 0.25) is 0 Å². The predicted molar refractivity (Wildman–Crippen MR) is 185 cm³/mol. The number of hydrogen-bond acceptors (Lipinski definition) is 9. The van der Waals surface area contributed by atoms with Crippen molar-refractivity contribution in [3.05, 3.63) is 75.0 Å². The van der Waals surface area contributed by atoms with Crippen LogP contribution in [0.4, 0.5) is 8.78 Å². The van der Waals surface area contributed by atoms with Crippen LogP contribution in [-0.4, -0.2) is 68.5 Å². The molecule has 1 aliphatic carbocycles. The summed E-state index contributed by atoms with van der Waals surface area (Å²) in [6.07, 6.45) is 9.14. The summed E-state index contributed by atoms with van der Waals surface area (Å²) in [5.41, 5.74) is 6.11. The lowest BCUT2D eigenvalue weighted by Crippen LogP contribution is -3.13. The Morgan fingerprint density at radius 1 is 1.08 bits per heavy atom. The number of aliphatic hydroxyl groups excluding tert-OH is 1. The van der Waals surface area contributed by atoms with E-state index < -0.39 is 11.9 Å². The third-order valence-electron chi connectivity index (χ3n) is 9.90. The number of aromatic nitrogens is 4. The minimum absolute atomic E-state index is 0.0512. The van der Waals surface area contributed by atoms with Crippen molar-refractivity contribution in [2.24, 2.45) is 11.3 Å². The molecule has 13 heteroatoms. The van der Waals surface area contributed by atoms with Gasteiger partial charge in [0.25, 0.3) is 5.92 Å². The van der Waals surface area contributed by atoms with Crippen molar-refractivity contribution in [1.82, 2.24) is 19.9 Å². The molecule has 4 heterocycles. The fourth-order valence-electron chi connectivity index (χ4n) is 6.66. The number of hydrogen-bond donors (Lipinski definition) is 3. The highest BCUT2D eigenvalue weighted by Crippen LogP contribution is 2.38. The number of ketones is 1. The summed E-state index contributed by atoms with van der Waals surface area (Å²) in [6.45, 7) is 10.1. The number of carbonyl (C=O) groups is 2. The maximum Gasteiger partial charge on any atom is 0.344 e. The molecule has 0 spiro atoms. The Morgan fingerprint density at radius 2 is 1.76 bits per heavy atom. The second-order valence-corrected chi connectivity index (χ2v) is 15.7. The number of thiazole rings is 1. The highest BCUT2D eigenvalue weighted by atomic mass is 32.1. The standard InChI is InChI=1S/C34H41N5O3S.C3H4F2O2/c1-34(2,3)26-8-9-28-24(16-26)17-29-31(37-28)43-32(38-29)30(41)18-23(10-13-39-14-11-27(40)12-15-39)21-4-6-22(7-5-21)25-19-35-33(42)36-20-25;1-3(4,5)2(6)7/h4-7,17,19-20,23,26-27,40H,8-16,18H2,1-3H3,(H,35,36,42);1H3,(H,6,7)/t23-,26-;/m0./s1. The Labute approximate surface area is 294 Å². The van der Waals surface area contributed by atoms with Crippen LogP contribution < -0.4 is 15.7 Å². The van der Waals surface area contributed by atoms with E-state index in [-0.39, 0.29) is 35.8 Å². The van der Waals surface area contributed by atoms with Crippen LogP contribution in [0.15, 0.2) is 47.5 Å². The van der Waals surface area contributed by atoms with Gasteiger partial charge in [-0.25, -0.2) is 28.5 Å². The average Bonchev–Trinajstić information content (AvgIpc) is 3.49. The quantitative estimate of drug-likeness (QED) is 0.222.